The minimum Gasteiger partial charge on any atom is -0.452 e. The van der Waals surface area contributed by atoms with Crippen molar-refractivity contribution in [1.29, 1.82) is 0 Å². The van der Waals surface area contributed by atoms with Crippen LogP contribution in [-0.4, -0.2) is 92.2 Å². The quantitative estimate of drug-likeness (QED) is 0.177. The van der Waals surface area contributed by atoms with Crippen LogP contribution >= 0.6 is 0 Å². The van der Waals surface area contributed by atoms with Gasteiger partial charge in [-0.15, -0.1) is 0 Å². The second kappa shape index (κ2) is 19.2. The Labute approximate surface area is 318 Å². The number of hydrogen-bond donors (Lipinski definition) is 2. The molecule has 300 valence electrons. The molecule has 1 aromatic heterocycles. The lowest BCUT2D eigenvalue weighted by Crippen LogP contribution is -2.50. The van der Waals surface area contributed by atoms with Crippen molar-refractivity contribution in [2.24, 2.45) is 23.7 Å². The summed E-state index contributed by atoms with van der Waals surface area (Å²) in [6.45, 7) is 10.2. The van der Waals surface area contributed by atoms with E-state index in [1.807, 2.05) is 13.8 Å². The molecule has 3 fully saturated rings. The molecular formula is C41H60FN3O9. The molecule has 2 heterocycles. The standard InChI is InChI=1S/C41H60FN3O9/c1-6-50-24-31(25-51-7-2)52-39(48)35-22-29-21-30(17-18-34(29)53-35)43-37(46)36-32(26-11-9-8-10-12-26)19-20-45(36)38(47)28-15-13-27(14-16-28)33(23-42)44-40(49)54-41(3,4)5/h17-18,21-22,26-28,31-33,36H,6-16,19-20,23-25H2,1-5H3,(H,43,46)(H,44,49)/t27?,28?,32-,33+,36+/m0/s1. The average Bonchev–Trinajstić information content (AvgIpc) is 3.79. The molecule has 2 aromatic rings. The van der Waals surface area contributed by atoms with Gasteiger partial charge in [-0.25, -0.2) is 14.0 Å². The molecule has 2 N–H and O–H groups in total. The largest absolute Gasteiger partial charge is 0.452 e. The number of halogens is 1. The van der Waals surface area contributed by atoms with Crippen LogP contribution in [0.15, 0.2) is 28.7 Å². The third-order valence-electron chi connectivity index (χ3n) is 11.1. The lowest BCUT2D eigenvalue weighted by Gasteiger charge is -2.37. The van der Waals surface area contributed by atoms with Gasteiger partial charge in [-0.1, -0.05) is 32.1 Å². The highest BCUT2D eigenvalue weighted by molar-refractivity contribution is 6.00. The van der Waals surface area contributed by atoms with Crippen molar-refractivity contribution in [2.75, 3.05) is 45.0 Å². The van der Waals surface area contributed by atoms with Gasteiger partial charge in [0, 0.05) is 36.8 Å². The summed E-state index contributed by atoms with van der Waals surface area (Å²) in [4.78, 5) is 55.6. The third-order valence-corrected chi connectivity index (χ3v) is 11.1. The number of hydrogen-bond acceptors (Lipinski definition) is 9. The first kappa shape index (κ1) is 41.5. The van der Waals surface area contributed by atoms with Crippen LogP contribution in [0.25, 0.3) is 11.0 Å². The number of carbonyl (C=O) groups is 4. The highest BCUT2D eigenvalue weighted by Crippen LogP contribution is 2.41. The number of esters is 1. The van der Waals surface area contributed by atoms with E-state index in [1.54, 1.807) is 49.9 Å². The number of furan rings is 1. The molecule has 2 saturated carbocycles. The Hall–Kier alpha value is -3.71. The lowest BCUT2D eigenvalue weighted by molar-refractivity contribution is -0.142. The first-order chi connectivity index (χ1) is 25.9. The number of nitrogens with zero attached hydrogens (tertiary/aromatic N) is 1. The number of alkyl carbamates (subject to hydrolysis) is 1. The molecule has 1 aromatic carbocycles. The Morgan fingerprint density at radius 1 is 0.926 bits per heavy atom. The molecule has 2 aliphatic carbocycles. The summed E-state index contributed by atoms with van der Waals surface area (Å²) in [7, 11) is 0. The van der Waals surface area contributed by atoms with Gasteiger partial charge in [-0.05, 0) is 109 Å². The van der Waals surface area contributed by atoms with Crippen molar-refractivity contribution >= 4 is 40.5 Å². The van der Waals surface area contributed by atoms with E-state index in [2.05, 4.69) is 10.6 Å². The molecule has 13 heteroatoms. The van der Waals surface area contributed by atoms with Crippen LogP contribution in [0.5, 0.6) is 0 Å². The van der Waals surface area contributed by atoms with Crippen molar-refractivity contribution in [1.82, 2.24) is 10.2 Å². The van der Waals surface area contributed by atoms with Gasteiger partial charge in [-0.3, -0.25) is 9.59 Å². The number of alkyl halides is 1. The van der Waals surface area contributed by atoms with Crippen molar-refractivity contribution < 1.29 is 46.9 Å². The minimum absolute atomic E-state index is 0.0239. The molecule has 54 heavy (non-hydrogen) atoms. The molecule has 1 aliphatic heterocycles. The van der Waals surface area contributed by atoms with Gasteiger partial charge in [0.25, 0.3) is 0 Å². The first-order valence-electron chi connectivity index (χ1n) is 20.0. The van der Waals surface area contributed by atoms with Crippen LogP contribution in [0.3, 0.4) is 0 Å². The van der Waals surface area contributed by atoms with E-state index in [4.69, 9.17) is 23.4 Å². The molecule has 3 amide bonds. The highest BCUT2D eigenvalue weighted by atomic mass is 19.1. The van der Waals surface area contributed by atoms with Gasteiger partial charge < -0.3 is 38.9 Å². The van der Waals surface area contributed by atoms with Gasteiger partial charge in [-0.2, -0.15) is 0 Å². The van der Waals surface area contributed by atoms with Gasteiger partial charge in [0.1, 0.15) is 30.0 Å². The minimum atomic E-state index is -0.709. The van der Waals surface area contributed by atoms with E-state index in [0.29, 0.717) is 68.0 Å². The SMILES string of the molecule is CCOCC(COCC)OC(=O)c1cc2cc(NC(=O)[C@H]3[C@H](C4CCCCC4)CCN3C(=O)C3CCC([C@@H](CF)NC(=O)OC(C)(C)C)CC3)ccc2o1. The Balaban J connectivity index is 1.26. The Bertz CT molecular complexity index is 1550. The monoisotopic (exact) mass is 757 g/mol. The summed E-state index contributed by atoms with van der Waals surface area (Å²) in [6.07, 6.45) is 7.40. The van der Waals surface area contributed by atoms with Crippen LogP contribution < -0.4 is 10.6 Å². The smallest absolute Gasteiger partial charge is 0.407 e. The molecule has 0 bridgehead atoms. The summed E-state index contributed by atoms with van der Waals surface area (Å²) in [5.41, 5.74) is 0.318. The number of likely N-dealkylation sites (tertiary alicyclic amines) is 1. The first-order valence-corrected chi connectivity index (χ1v) is 20.0. The maximum atomic E-state index is 14.3. The van der Waals surface area contributed by atoms with Crippen molar-refractivity contribution in [3.63, 3.8) is 0 Å². The number of anilines is 1. The Morgan fingerprint density at radius 2 is 1.61 bits per heavy atom. The van der Waals surface area contributed by atoms with E-state index in [1.165, 1.54) is 6.42 Å². The average molecular weight is 758 g/mol. The Kier molecular flexibility index (Phi) is 14.8. The van der Waals surface area contributed by atoms with E-state index in [-0.39, 0.29) is 48.5 Å². The number of carbonyl (C=O) groups excluding carboxylic acids is 4. The van der Waals surface area contributed by atoms with Crippen LogP contribution in [0.1, 0.15) is 109 Å². The fourth-order valence-electron chi connectivity index (χ4n) is 8.46. The van der Waals surface area contributed by atoms with E-state index >= 15 is 0 Å². The number of fused-ring (bicyclic) bond motifs is 1. The summed E-state index contributed by atoms with van der Waals surface area (Å²) >= 11 is 0. The van der Waals surface area contributed by atoms with Gasteiger partial charge >= 0.3 is 12.1 Å². The zero-order valence-corrected chi connectivity index (χ0v) is 32.7. The fourth-order valence-corrected chi connectivity index (χ4v) is 8.46. The number of nitrogens with one attached hydrogen (secondary N) is 2. The number of ether oxygens (including phenoxy) is 4. The summed E-state index contributed by atoms with van der Waals surface area (Å²) < 4.78 is 41.7. The number of amides is 3. The second-order valence-corrected chi connectivity index (χ2v) is 16.0. The molecular weight excluding hydrogens is 697 g/mol. The van der Waals surface area contributed by atoms with Crippen LogP contribution in [-0.2, 0) is 28.5 Å². The van der Waals surface area contributed by atoms with Crippen LogP contribution in [0.2, 0.25) is 0 Å². The summed E-state index contributed by atoms with van der Waals surface area (Å²) in [5, 5.41) is 6.42. The van der Waals surface area contributed by atoms with Crippen LogP contribution in [0.4, 0.5) is 14.9 Å². The van der Waals surface area contributed by atoms with Gasteiger partial charge in [0.15, 0.2) is 0 Å². The van der Waals surface area contributed by atoms with E-state index in [9.17, 15) is 23.6 Å². The summed E-state index contributed by atoms with van der Waals surface area (Å²) in [6, 6.07) is 5.51. The molecule has 1 saturated heterocycles. The zero-order chi connectivity index (χ0) is 38.8. The van der Waals surface area contributed by atoms with Crippen molar-refractivity contribution in [2.45, 2.75) is 123 Å². The predicted octanol–water partition coefficient (Wildman–Crippen LogP) is 7.44. The lowest BCUT2D eigenvalue weighted by atomic mass is 9.76. The van der Waals surface area contributed by atoms with Crippen LogP contribution in [0, 0.1) is 23.7 Å². The van der Waals surface area contributed by atoms with Gasteiger partial charge in [0.2, 0.25) is 17.6 Å². The highest BCUT2D eigenvalue weighted by Gasteiger charge is 2.47. The Morgan fingerprint density at radius 3 is 2.24 bits per heavy atom. The van der Waals surface area contributed by atoms with E-state index < -0.39 is 42.5 Å². The number of benzene rings is 1. The van der Waals surface area contributed by atoms with E-state index in [0.717, 1.165) is 32.1 Å². The molecule has 5 rings (SSSR count). The van der Waals surface area contributed by atoms with Crippen molar-refractivity contribution in [3.8, 4) is 0 Å². The molecule has 12 nitrogen and oxygen atoms in total. The third kappa shape index (κ3) is 11.0. The normalized spacial score (nSPS) is 23.0. The second-order valence-electron chi connectivity index (χ2n) is 16.0. The van der Waals surface area contributed by atoms with Gasteiger partial charge in [0.05, 0.1) is 19.3 Å². The maximum Gasteiger partial charge on any atom is 0.407 e. The fraction of sp³-hybridized carbons (Fsp3) is 0.707. The molecule has 3 atom stereocenters. The molecule has 0 radical (unpaired) electrons. The summed E-state index contributed by atoms with van der Waals surface area (Å²) in [5.74, 6) is -0.803. The topological polar surface area (TPSA) is 146 Å². The molecule has 0 spiro atoms. The molecule has 0 unspecified atom stereocenters. The number of rotatable bonds is 15. The molecule has 3 aliphatic rings. The zero-order valence-electron chi connectivity index (χ0n) is 32.7. The predicted molar refractivity (Wildman–Crippen MR) is 202 cm³/mol. The maximum absolute atomic E-state index is 14.3. The van der Waals surface area contributed by atoms with Crippen molar-refractivity contribution in [3.05, 3.63) is 30.0 Å².